The molecule has 2 nitrogen and oxygen atoms in total. The SMILES string of the molecule is CN(C)C1(CCc2ccc(C(F)(F)F)cc2Cl)CCCNC1. The number of hydrogen-bond acceptors (Lipinski definition) is 2. The molecule has 1 heterocycles. The van der Waals surface area contributed by atoms with E-state index in [4.69, 9.17) is 11.6 Å². The van der Waals surface area contributed by atoms with Crippen LogP contribution in [0.25, 0.3) is 0 Å². The molecule has 1 saturated heterocycles. The standard InChI is InChI=1S/C16H22ClF3N2/c1-22(2)15(7-3-9-21-11-15)8-6-12-4-5-13(10-14(12)17)16(18,19)20/h4-5,10,21H,3,6-9,11H2,1-2H3. The molecule has 0 radical (unpaired) electrons. The van der Waals surface area contributed by atoms with Gasteiger partial charge >= 0.3 is 6.18 Å². The lowest BCUT2D eigenvalue weighted by atomic mass is 9.83. The Bertz CT molecular complexity index is 509. The van der Waals surface area contributed by atoms with Crippen molar-refractivity contribution in [3.05, 3.63) is 34.3 Å². The van der Waals surface area contributed by atoms with Crippen molar-refractivity contribution in [1.29, 1.82) is 0 Å². The second kappa shape index (κ2) is 6.77. The van der Waals surface area contributed by atoms with E-state index in [1.54, 1.807) is 0 Å². The van der Waals surface area contributed by atoms with Crippen molar-refractivity contribution in [1.82, 2.24) is 10.2 Å². The highest BCUT2D eigenvalue weighted by Crippen LogP contribution is 2.34. The van der Waals surface area contributed by atoms with Gasteiger partial charge in [-0.1, -0.05) is 17.7 Å². The molecule has 1 aliphatic heterocycles. The van der Waals surface area contributed by atoms with Crippen molar-refractivity contribution in [3.63, 3.8) is 0 Å². The van der Waals surface area contributed by atoms with Crippen LogP contribution in [0.5, 0.6) is 0 Å². The molecule has 1 aromatic carbocycles. The summed E-state index contributed by atoms with van der Waals surface area (Å²) in [6, 6.07) is 3.64. The molecule has 22 heavy (non-hydrogen) atoms. The zero-order valence-electron chi connectivity index (χ0n) is 12.9. The minimum atomic E-state index is -4.35. The second-order valence-electron chi connectivity index (χ2n) is 6.20. The highest BCUT2D eigenvalue weighted by atomic mass is 35.5. The van der Waals surface area contributed by atoms with Crippen molar-refractivity contribution in [2.45, 2.75) is 37.4 Å². The first-order valence-electron chi connectivity index (χ1n) is 7.48. The summed E-state index contributed by atoms with van der Waals surface area (Å²) >= 11 is 6.05. The van der Waals surface area contributed by atoms with E-state index in [2.05, 4.69) is 24.3 Å². The molecule has 1 unspecified atom stereocenters. The van der Waals surface area contributed by atoms with Gasteiger partial charge in [0, 0.05) is 17.1 Å². The van der Waals surface area contributed by atoms with Crippen LogP contribution in [0.1, 0.15) is 30.4 Å². The molecular formula is C16H22ClF3N2. The van der Waals surface area contributed by atoms with E-state index in [-0.39, 0.29) is 10.6 Å². The summed E-state index contributed by atoms with van der Waals surface area (Å²) in [4.78, 5) is 2.22. The first-order chi connectivity index (χ1) is 10.2. The van der Waals surface area contributed by atoms with Crippen LogP contribution in [0.3, 0.4) is 0 Å². The molecule has 1 atom stereocenters. The van der Waals surface area contributed by atoms with E-state index in [0.29, 0.717) is 6.42 Å². The molecule has 0 bridgehead atoms. The van der Waals surface area contributed by atoms with Gasteiger partial charge in [0.2, 0.25) is 0 Å². The number of benzene rings is 1. The van der Waals surface area contributed by atoms with Gasteiger partial charge in [-0.2, -0.15) is 13.2 Å². The molecule has 0 amide bonds. The smallest absolute Gasteiger partial charge is 0.315 e. The molecule has 1 aromatic rings. The Labute approximate surface area is 134 Å². The first kappa shape index (κ1) is 17.6. The maximum atomic E-state index is 12.7. The second-order valence-corrected chi connectivity index (χ2v) is 6.61. The van der Waals surface area contributed by atoms with Crippen LogP contribution in [0.4, 0.5) is 13.2 Å². The summed E-state index contributed by atoms with van der Waals surface area (Å²) in [5.74, 6) is 0. The number of alkyl halides is 3. The zero-order chi connectivity index (χ0) is 16.4. The molecule has 0 aliphatic carbocycles. The fourth-order valence-electron chi connectivity index (χ4n) is 3.06. The number of piperidine rings is 1. The van der Waals surface area contributed by atoms with Gasteiger partial charge in [-0.25, -0.2) is 0 Å². The van der Waals surface area contributed by atoms with Crippen LogP contribution >= 0.6 is 11.6 Å². The molecule has 0 aromatic heterocycles. The molecule has 6 heteroatoms. The zero-order valence-corrected chi connectivity index (χ0v) is 13.7. The number of likely N-dealkylation sites (N-methyl/N-ethyl adjacent to an activating group) is 1. The first-order valence-corrected chi connectivity index (χ1v) is 7.86. The molecule has 1 N–H and O–H groups in total. The quantitative estimate of drug-likeness (QED) is 0.896. The average molecular weight is 335 g/mol. The van der Waals surface area contributed by atoms with Crippen LogP contribution in [-0.2, 0) is 12.6 Å². The van der Waals surface area contributed by atoms with E-state index < -0.39 is 11.7 Å². The molecular weight excluding hydrogens is 313 g/mol. The lowest BCUT2D eigenvalue weighted by Gasteiger charge is -2.43. The summed E-state index contributed by atoms with van der Waals surface area (Å²) in [5.41, 5.74) is 0.133. The van der Waals surface area contributed by atoms with Gasteiger partial charge in [-0.15, -0.1) is 0 Å². The van der Waals surface area contributed by atoms with E-state index in [9.17, 15) is 13.2 Å². The Balaban J connectivity index is 2.10. The average Bonchev–Trinajstić information content (AvgIpc) is 2.45. The Morgan fingerprint density at radius 1 is 1.32 bits per heavy atom. The van der Waals surface area contributed by atoms with Crippen LogP contribution in [-0.4, -0.2) is 37.6 Å². The van der Waals surface area contributed by atoms with Crippen LogP contribution < -0.4 is 5.32 Å². The number of rotatable bonds is 4. The predicted molar refractivity (Wildman–Crippen MR) is 83.3 cm³/mol. The number of hydrogen-bond donors (Lipinski definition) is 1. The van der Waals surface area contributed by atoms with Gasteiger partial charge in [0.05, 0.1) is 5.56 Å². The van der Waals surface area contributed by atoms with Gasteiger partial charge < -0.3 is 10.2 Å². The van der Waals surface area contributed by atoms with Gasteiger partial charge in [0.15, 0.2) is 0 Å². The van der Waals surface area contributed by atoms with Gasteiger partial charge in [-0.3, -0.25) is 0 Å². The lowest BCUT2D eigenvalue weighted by molar-refractivity contribution is -0.137. The Morgan fingerprint density at radius 2 is 2.05 bits per heavy atom. The maximum absolute atomic E-state index is 12.7. The fraction of sp³-hybridized carbons (Fsp3) is 0.625. The van der Waals surface area contributed by atoms with Crippen molar-refractivity contribution in [3.8, 4) is 0 Å². The fourth-order valence-corrected chi connectivity index (χ4v) is 3.34. The summed E-state index contributed by atoms with van der Waals surface area (Å²) in [6.07, 6.45) is -0.598. The highest BCUT2D eigenvalue weighted by molar-refractivity contribution is 6.31. The summed E-state index contributed by atoms with van der Waals surface area (Å²) in [6.45, 7) is 1.93. The van der Waals surface area contributed by atoms with Crippen molar-refractivity contribution in [2.75, 3.05) is 27.2 Å². The summed E-state index contributed by atoms with van der Waals surface area (Å²) < 4.78 is 38.0. The lowest BCUT2D eigenvalue weighted by Crippen LogP contribution is -2.55. The normalized spacial score (nSPS) is 23.0. The van der Waals surface area contributed by atoms with E-state index >= 15 is 0 Å². The molecule has 0 saturated carbocycles. The summed E-state index contributed by atoms with van der Waals surface area (Å²) in [7, 11) is 4.11. The Hall–Kier alpha value is -0.780. The molecule has 1 fully saturated rings. The topological polar surface area (TPSA) is 15.3 Å². The number of nitrogens with one attached hydrogen (secondary N) is 1. The largest absolute Gasteiger partial charge is 0.416 e. The van der Waals surface area contributed by atoms with Crippen LogP contribution in [0.15, 0.2) is 18.2 Å². The number of halogens is 4. The minimum absolute atomic E-state index is 0.0459. The van der Waals surface area contributed by atoms with Crippen LogP contribution in [0.2, 0.25) is 5.02 Å². The van der Waals surface area contributed by atoms with Crippen molar-refractivity contribution in [2.24, 2.45) is 0 Å². The third kappa shape index (κ3) is 3.94. The molecule has 2 rings (SSSR count). The van der Waals surface area contributed by atoms with E-state index in [1.165, 1.54) is 6.07 Å². The molecule has 124 valence electrons. The van der Waals surface area contributed by atoms with Gasteiger partial charge in [-0.05, 0) is 64.0 Å². The van der Waals surface area contributed by atoms with Crippen molar-refractivity contribution >= 4 is 11.6 Å². The third-order valence-corrected chi connectivity index (χ3v) is 4.99. The number of aryl methyl sites for hydroxylation is 1. The monoisotopic (exact) mass is 334 g/mol. The van der Waals surface area contributed by atoms with Crippen molar-refractivity contribution < 1.29 is 13.2 Å². The Morgan fingerprint density at radius 3 is 2.55 bits per heavy atom. The van der Waals surface area contributed by atoms with Crippen LogP contribution in [0, 0.1) is 0 Å². The summed E-state index contributed by atoms with van der Waals surface area (Å²) in [5, 5.41) is 3.61. The highest BCUT2D eigenvalue weighted by Gasteiger charge is 2.34. The van der Waals surface area contributed by atoms with E-state index in [0.717, 1.165) is 50.0 Å². The van der Waals surface area contributed by atoms with Gasteiger partial charge in [0.1, 0.15) is 0 Å². The van der Waals surface area contributed by atoms with Gasteiger partial charge in [0.25, 0.3) is 0 Å². The maximum Gasteiger partial charge on any atom is 0.416 e. The molecule has 1 aliphatic rings. The predicted octanol–water partition coefficient (Wildman–Crippen LogP) is 3.98. The molecule has 0 spiro atoms. The number of nitrogens with zero attached hydrogens (tertiary/aromatic N) is 1. The minimum Gasteiger partial charge on any atom is -0.315 e. The van der Waals surface area contributed by atoms with E-state index in [1.807, 2.05) is 0 Å². The third-order valence-electron chi connectivity index (χ3n) is 4.64. The Kier molecular flexibility index (Phi) is 5.41.